The summed E-state index contributed by atoms with van der Waals surface area (Å²) in [6.07, 6.45) is 5.24. The topological polar surface area (TPSA) is 21.3 Å². The predicted molar refractivity (Wildman–Crippen MR) is 87.1 cm³/mol. The molecule has 0 radical (unpaired) electrons. The van der Waals surface area contributed by atoms with Gasteiger partial charge in [0.1, 0.15) is 0 Å². The highest BCUT2D eigenvalue weighted by atomic mass is 16.5. The zero-order valence-corrected chi connectivity index (χ0v) is 13.6. The van der Waals surface area contributed by atoms with Gasteiger partial charge in [-0.1, -0.05) is 62.9 Å². The first kappa shape index (κ1) is 17.2. The maximum absolute atomic E-state index is 6.20. The Labute approximate surface area is 124 Å². The summed E-state index contributed by atoms with van der Waals surface area (Å²) in [4.78, 5) is 0. The number of hydrogen-bond acceptors (Lipinski definition) is 2. The highest BCUT2D eigenvalue weighted by Crippen LogP contribution is 2.21. The van der Waals surface area contributed by atoms with Crippen LogP contribution in [0.25, 0.3) is 0 Å². The fourth-order valence-electron chi connectivity index (χ4n) is 2.39. The first-order valence-corrected chi connectivity index (χ1v) is 8.04. The molecule has 2 unspecified atom stereocenters. The van der Waals surface area contributed by atoms with E-state index >= 15 is 0 Å². The zero-order valence-electron chi connectivity index (χ0n) is 13.6. The lowest BCUT2D eigenvalue weighted by Crippen LogP contribution is -2.22. The lowest BCUT2D eigenvalue weighted by Gasteiger charge is -2.22. The van der Waals surface area contributed by atoms with E-state index in [9.17, 15) is 0 Å². The Balaban J connectivity index is 2.55. The van der Waals surface area contributed by atoms with Gasteiger partial charge in [0.2, 0.25) is 0 Å². The summed E-state index contributed by atoms with van der Waals surface area (Å²) in [5.41, 5.74) is 2.57. The molecule has 0 aliphatic rings. The average molecular weight is 277 g/mol. The maximum atomic E-state index is 6.20. The van der Waals surface area contributed by atoms with E-state index < -0.39 is 0 Å². The number of hydrogen-bond donors (Lipinski definition) is 1. The van der Waals surface area contributed by atoms with Crippen molar-refractivity contribution in [3.05, 3.63) is 35.4 Å². The number of nitrogens with one attached hydrogen (secondary N) is 1. The van der Waals surface area contributed by atoms with Gasteiger partial charge in [-0.3, -0.25) is 0 Å². The van der Waals surface area contributed by atoms with Crippen molar-refractivity contribution < 1.29 is 4.74 Å². The summed E-state index contributed by atoms with van der Waals surface area (Å²) in [5.74, 6) is 0.694. The third-order valence-electron chi connectivity index (χ3n) is 3.92. The molecule has 20 heavy (non-hydrogen) atoms. The van der Waals surface area contributed by atoms with Crippen molar-refractivity contribution in [2.45, 2.75) is 52.6 Å². The van der Waals surface area contributed by atoms with E-state index in [0.29, 0.717) is 5.92 Å². The molecule has 1 aromatic carbocycles. The van der Waals surface area contributed by atoms with Crippen molar-refractivity contribution in [3.63, 3.8) is 0 Å². The first-order chi connectivity index (χ1) is 9.71. The van der Waals surface area contributed by atoms with Crippen LogP contribution in [0.5, 0.6) is 0 Å². The minimum absolute atomic E-state index is 0.163. The Bertz CT molecular complexity index is 347. The highest BCUT2D eigenvalue weighted by molar-refractivity contribution is 5.23. The minimum atomic E-state index is 0.163. The van der Waals surface area contributed by atoms with Crippen molar-refractivity contribution in [1.82, 2.24) is 5.32 Å². The summed E-state index contributed by atoms with van der Waals surface area (Å²) >= 11 is 0. The monoisotopic (exact) mass is 277 g/mol. The summed E-state index contributed by atoms with van der Waals surface area (Å²) in [5, 5.41) is 3.24. The number of unbranched alkanes of at least 4 members (excludes halogenated alkanes) is 1. The molecule has 0 fully saturated rings. The number of rotatable bonds is 10. The van der Waals surface area contributed by atoms with Gasteiger partial charge in [0.05, 0.1) is 12.7 Å². The molecule has 0 saturated heterocycles. The second-order valence-electron chi connectivity index (χ2n) is 5.71. The quantitative estimate of drug-likeness (QED) is 0.680. The molecule has 1 rings (SSSR count). The van der Waals surface area contributed by atoms with Crippen LogP contribution in [0, 0.1) is 12.8 Å². The third kappa shape index (κ3) is 6.06. The SMILES string of the molecule is CCCCC(CC)COC(CNC)c1ccc(C)cc1. The van der Waals surface area contributed by atoms with E-state index in [-0.39, 0.29) is 6.10 Å². The van der Waals surface area contributed by atoms with Crippen LogP contribution >= 0.6 is 0 Å². The van der Waals surface area contributed by atoms with E-state index in [1.807, 2.05) is 7.05 Å². The molecule has 2 heteroatoms. The molecule has 1 aromatic rings. The number of benzene rings is 1. The molecule has 0 aliphatic heterocycles. The van der Waals surface area contributed by atoms with Gasteiger partial charge in [-0.2, -0.15) is 0 Å². The van der Waals surface area contributed by atoms with Crippen molar-refractivity contribution in [2.24, 2.45) is 5.92 Å². The van der Waals surface area contributed by atoms with Gasteiger partial charge in [0.25, 0.3) is 0 Å². The van der Waals surface area contributed by atoms with Crippen molar-refractivity contribution >= 4 is 0 Å². The molecule has 0 amide bonds. The van der Waals surface area contributed by atoms with Crippen molar-refractivity contribution in [2.75, 3.05) is 20.2 Å². The predicted octanol–water partition coefficient (Wildman–Crippen LogP) is 4.49. The first-order valence-electron chi connectivity index (χ1n) is 8.04. The van der Waals surface area contributed by atoms with Crippen LogP contribution in [-0.2, 0) is 4.74 Å². The van der Waals surface area contributed by atoms with Gasteiger partial charge >= 0.3 is 0 Å². The molecule has 0 spiro atoms. The Kier molecular flexibility index (Phi) is 8.56. The van der Waals surface area contributed by atoms with Gasteiger partial charge in [0.15, 0.2) is 0 Å². The van der Waals surface area contributed by atoms with E-state index in [1.54, 1.807) is 0 Å². The Hall–Kier alpha value is -0.860. The molecular formula is C18H31NO. The summed E-state index contributed by atoms with van der Waals surface area (Å²) in [6, 6.07) is 8.69. The molecule has 0 aromatic heterocycles. The van der Waals surface area contributed by atoms with E-state index in [0.717, 1.165) is 13.2 Å². The number of ether oxygens (including phenoxy) is 1. The second kappa shape index (κ2) is 9.95. The molecular weight excluding hydrogens is 246 g/mol. The van der Waals surface area contributed by atoms with E-state index in [4.69, 9.17) is 4.74 Å². The fourth-order valence-corrected chi connectivity index (χ4v) is 2.39. The van der Waals surface area contributed by atoms with Crippen LogP contribution in [0.15, 0.2) is 24.3 Å². The molecule has 2 atom stereocenters. The normalized spacial score (nSPS) is 14.2. The van der Waals surface area contributed by atoms with Gasteiger partial charge < -0.3 is 10.1 Å². The van der Waals surface area contributed by atoms with Gasteiger partial charge in [0, 0.05) is 6.54 Å². The number of aryl methyl sites for hydroxylation is 1. The molecule has 2 nitrogen and oxygen atoms in total. The second-order valence-corrected chi connectivity index (χ2v) is 5.71. The standard InChI is InChI=1S/C18H31NO/c1-5-7-8-16(6-2)14-20-18(13-19-4)17-11-9-15(3)10-12-17/h9-12,16,18-19H,5-8,13-14H2,1-4H3. The zero-order chi connectivity index (χ0) is 14.8. The van der Waals surface area contributed by atoms with E-state index in [2.05, 4.69) is 50.4 Å². The molecule has 114 valence electrons. The van der Waals surface area contributed by atoms with Gasteiger partial charge in [-0.15, -0.1) is 0 Å². The summed E-state index contributed by atoms with van der Waals surface area (Å²) < 4.78 is 6.20. The van der Waals surface area contributed by atoms with Crippen LogP contribution in [0.3, 0.4) is 0 Å². The van der Waals surface area contributed by atoms with Gasteiger partial charge in [-0.05, 0) is 31.9 Å². The van der Waals surface area contributed by atoms with Crippen molar-refractivity contribution in [1.29, 1.82) is 0 Å². The van der Waals surface area contributed by atoms with Crippen LogP contribution in [0.1, 0.15) is 56.8 Å². The smallest absolute Gasteiger partial charge is 0.0949 e. The maximum Gasteiger partial charge on any atom is 0.0949 e. The van der Waals surface area contributed by atoms with Crippen molar-refractivity contribution in [3.8, 4) is 0 Å². The highest BCUT2D eigenvalue weighted by Gasteiger charge is 2.14. The average Bonchev–Trinajstić information content (AvgIpc) is 2.47. The molecule has 0 aliphatic carbocycles. The lowest BCUT2D eigenvalue weighted by atomic mass is 10.00. The Morgan fingerprint density at radius 2 is 1.85 bits per heavy atom. The Morgan fingerprint density at radius 1 is 1.15 bits per heavy atom. The summed E-state index contributed by atoms with van der Waals surface area (Å²) in [7, 11) is 1.99. The van der Waals surface area contributed by atoms with Gasteiger partial charge in [-0.25, -0.2) is 0 Å². The molecule has 0 bridgehead atoms. The van der Waals surface area contributed by atoms with Crippen LogP contribution < -0.4 is 5.32 Å². The van der Waals surface area contributed by atoms with Crippen LogP contribution in [0.2, 0.25) is 0 Å². The Morgan fingerprint density at radius 3 is 2.40 bits per heavy atom. The van der Waals surface area contributed by atoms with Crippen LogP contribution in [0.4, 0.5) is 0 Å². The third-order valence-corrected chi connectivity index (χ3v) is 3.92. The van der Waals surface area contributed by atoms with E-state index in [1.165, 1.54) is 36.8 Å². The molecule has 0 heterocycles. The summed E-state index contributed by atoms with van der Waals surface area (Å²) in [6.45, 7) is 8.38. The fraction of sp³-hybridized carbons (Fsp3) is 0.667. The minimum Gasteiger partial charge on any atom is -0.372 e. The van der Waals surface area contributed by atoms with Crippen LogP contribution in [-0.4, -0.2) is 20.2 Å². The molecule has 0 saturated carbocycles. The largest absolute Gasteiger partial charge is 0.372 e. The number of likely N-dealkylation sites (N-methyl/N-ethyl adjacent to an activating group) is 1. The molecule has 1 N–H and O–H groups in total. The lowest BCUT2D eigenvalue weighted by molar-refractivity contribution is 0.0260.